The monoisotopic (exact) mass is 462 g/mol. The predicted molar refractivity (Wildman–Crippen MR) is 89.5 cm³/mol. The lowest BCUT2D eigenvalue weighted by Gasteiger charge is -2.11. The highest BCUT2D eigenvalue weighted by molar-refractivity contribution is 9.11. The maximum absolute atomic E-state index is 12.2. The summed E-state index contributed by atoms with van der Waals surface area (Å²) < 4.78 is 2.42. The molecule has 0 fully saturated rings. The molecule has 20 heavy (non-hydrogen) atoms. The molecule has 8 heteroatoms. The first-order valence-electron chi connectivity index (χ1n) is 5.40. The number of carbonyl (C=O) groups is 1. The zero-order chi connectivity index (χ0) is 14.7. The minimum atomic E-state index is -0.257. The summed E-state index contributed by atoms with van der Waals surface area (Å²) in [6.45, 7) is 0. The quantitative estimate of drug-likeness (QED) is 0.475. The first-order valence-corrected chi connectivity index (χ1v) is 7.77. The van der Waals surface area contributed by atoms with Crippen LogP contribution in [0.4, 0.5) is 11.5 Å². The molecule has 5 nitrogen and oxygen atoms in total. The van der Waals surface area contributed by atoms with Gasteiger partial charge in [0.15, 0.2) is 0 Å². The van der Waals surface area contributed by atoms with E-state index >= 15 is 0 Å². The van der Waals surface area contributed by atoms with Crippen LogP contribution in [0.25, 0.3) is 0 Å². The number of nitrogens with one attached hydrogen (secondary N) is 2. The molecule has 0 aliphatic rings. The molecule has 0 spiro atoms. The second-order valence-electron chi connectivity index (χ2n) is 3.77. The number of pyridine rings is 1. The lowest BCUT2D eigenvalue weighted by molar-refractivity contribution is 0.102. The molecule has 0 radical (unpaired) electrons. The molecular weight excluding hydrogens is 456 g/mol. The molecule has 0 atom stereocenters. The van der Waals surface area contributed by atoms with Gasteiger partial charge in [0.2, 0.25) is 0 Å². The maximum Gasteiger partial charge on any atom is 0.255 e. The van der Waals surface area contributed by atoms with Gasteiger partial charge in [-0.3, -0.25) is 4.79 Å². The third-order valence-electron chi connectivity index (χ3n) is 2.42. The van der Waals surface area contributed by atoms with E-state index in [0.717, 1.165) is 13.4 Å². The van der Waals surface area contributed by atoms with E-state index in [4.69, 9.17) is 5.84 Å². The fourth-order valence-corrected chi connectivity index (χ4v) is 3.95. The summed E-state index contributed by atoms with van der Waals surface area (Å²) in [6.07, 6.45) is 1.51. The van der Waals surface area contributed by atoms with E-state index in [2.05, 4.69) is 63.5 Å². The van der Waals surface area contributed by atoms with Crippen molar-refractivity contribution in [2.45, 2.75) is 0 Å². The SMILES string of the molecule is NNc1cc(C(=O)Nc2c(Br)cc(Br)cc2Br)ccn1. The fraction of sp³-hybridized carbons (Fsp3) is 0. The third kappa shape index (κ3) is 3.57. The largest absolute Gasteiger partial charge is 0.320 e. The number of carbonyl (C=O) groups excluding carboxylic acids is 1. The van der Waals surface area contributed by atoms with Crippen molar-refractivity contribution < 1.29 is 4.79 Å². The Kier molecular flexibility index (Phi) is 5.14. The molecule has 4 N–H and O–H groups in total. The number of rotatable bonds is 3. The van der Waals surface area contributed by atoms with Gasteiger partial charge in [0.25, 0.3) is 5.91 Å². The van der Waals surface area contributed by atoms with E-state index in [0.29, 0.717) is 17.1 Å². The van der Waals surface area contributed by atoms with Crippen molar-refractivity contribution in [3.8, 4) is 0 Å². The van der Waals surface area contributed by atoms with Gasteiger partial charge in [0.1, 0.15) is 5.82 Å². The molecule has 0 bridgehead atoms. The Morgan fingerprint density at radius 1 is 1.15 bits per heavy atom. The van der Waals surface area contributed by atoms with Crippen LogP contribution < -0.4 is 16.6 Å². The molecule has 0 unspecified atom stereocenters. The molecule has 1 heterocycles. The normalized spacial score (nSPS) is 10.2. The minimum Gasteiger partial charge on any atom is -0.320 e. The van der Waals surface area contributed by atoms with Gasteiger partial charge in [-0.15, -0.1) is 0 Å². The van der Waals surface area contributed by atoms with Gasteiger partial charge in [0, 0.05) is 25.2 Å². The van der Waals surface area contributed by atoms with Crippen molar-refractivity contribution in [2.24, 2.45) is 5.84 Å². The summed E-state index contributed by atoms with van der Waals surface area (Å²) in [5.74, 6) is 5.44. The standard InChI is InChI=1S/C12H9Br3N4O/c13-7-4-8(14)11(9(15)5-7)18-12(20)6-1-2-17-10(3-6)19-16/h1-5H,16H2,(H,17,19)(H,18,20). The topological polar surface area (TPSA) is 80.0 Å². The molecule has 2 rings (SSSR count). The minimum absolute atomic E-state index is 0.257. The summed E-state index contributed by atoms with van der Waals surface area (Å²) in [6, 6.07) is 6.87. The average Bonchev–Trinajstić information content (AvgIpc) is 2.42. The zero-order valence-corrected chi connectivity index (χ0v) is 14.7. The number of aromatic nitrogens is 1. The fourth-order valence-electron chi connectivity index (χ4n) is 1.50. The van der Waals surface area contributed by atoms with Gasteiger partial charge >= 0.3 is 0 Å². The van der Waals surface area contributed by atoms with Gasteiger partial charge in [-0.05, 0) is 56.1 Å². The van der Waals surface area contributed by atoms with E-state index < -0.39 is 0 Å². The van der Waals surface area contributed by atoms with Crippen LogP contribution in [-0.4, -0.2) is 10.9 Å². The molecular formula is C12H9Br3N4O. The molecule has 104 valence electrons. The number of hydrogen-bond donors (Lipinski definition) is 3. The Bertz CT molecular complexity index is 640. The Morgan fingerprint density at radius 3 is 2.40 bits per heavy atom. The molecule has 0 saturated heterocycles. The number of hydrazine groups is 1. The molecule has 0 saturated carbocycles. The number of amides is 1. The Labute approximate surface area is 140 Å². The molecule has 0 aliphatic carbocycles. The van der Waals surface area contributed by atoms with Gasteiger partial charge in [0.05, 0.1) is 5.69 Å². The van der Waals surface area contributed by atoms with Crippen molar-refractivity contribution in [3.63, 3.8) is 0 Å². The van der Waals surface area contributed by atoms with Crippen molar-refractivity contribution in [1.29, 1.82) is 0 Å². The van der Waals surface area contributed by atoms with E-state index in [1.807, 2.05) is 12.1 Å². The molecule has 2 aromatic rings. The van der Waals surface area contributed by atoms with Crippen LogP contribution in [0.1, 0.15) is 10.4 Å². The summed E-state index contributed by atoms with van der Waals surface area (Å²) in [4.78, 5) is 16.2. The van der Waals surface area contributed by atoms with Crippen LogP contribution in [-0.2, 0) is 0 Å². The first-order chi connectivity index (χ1) is 9.51. The van der Waals surface area contributed by atoms with E-state index in [1.165, 1.54) is 6.20 Å². The summed E-state index contributed by atoms with van der Waals surface area (Å²) in [7, 11) is 0. The third-order valence-corrected chi connectivity index (χ3v) is 4.12. The molecule has 0 aliphatic heterocycles. The van der Waals surface area contributed by atoms with Crippen LogP contribution in [0.3, 0.4) is 0 Å². The van der Waals surface area contributed by atoms with Crippen LogP contribution in [0.2, 0.25) is 0 Å². The number of halogens is 3. The second-order valence-corrected chi connectivity index (χ2v) is 6.40. The summed E-state index contributed by atoms with van der Waals surface area (Å²) in [5, 5.41) is 2.82. The average molecular weight is 465 g/mol. The predicted octanol–water partition coefficient (Wildman–Crippen LogP) is 3.91. The Balaban J connectivity index is 2.28. The van der Waals surface area contributed by atoms with Crippen molar-refractivity contribution in [1.82, 2.24) is 4.98 Å². The zero-order valence-electron chi connectivity index (χ0n) is 9.95. The highest BCUT2D eigenvalue weighted by Crippen LogP contribution is 2.34. The number of nitrogen functional groups attached to an aromatic ring is 1. The lowest BCUT2D eigenvalue weighted by atomic mass is 10.2. The van der Waals surface area contributed by atoms with Gasteiger partial charge in [-0.1, -0.05) is 15.9 Å². The van der Waals surface area contributed by atoms with Crippen molar-refractivity contribution >= 4 is 65.2 Å². The van der Waals surface area contributed by atoms with Crippen LogP contribution in [0.15, 0.2) is 43.9 Å². The van der Waals surface area contributed by atoms with Crippen LogP contribution in [0.5, 0.6) is 0 Å². The second kappa shape index (κ2) is 6.66. The van der Waals surface area contributed by atoms with Crippen molar-refractivity contribution in [2.75, 3.05) is 10.7 Å². The highest BCUT2D eigenvalue weighted by atomic mass is 79.9. The number of hydrogen-bond acceptors (Lipinski definition) is 4. The number of nitrogens with zero attached hydrogens (tertiary/aromatic N) is 1. The maximum atomic E-state index is 12.2. The molecule has 1 amide bonds. The molecule has 1 aromatic heterocycles. The first kappa shape index (κ1) is 15.4. The van der Waals surface area contributed by atoms with Gasteiger partial charge < -0.3 is 10.7 Å². The lowest BCUT2D eigenvalue weighted by Crippen LogP contribution is -2.15. The van der Waals surface area contributed by atoms with Crippen LogP contribution in [0, 0.1) is 0 Å². The number of nitrogens with two attached hydrogens (primary N) is 1. The number of benzene rings is 1. The van der Waals surface area contributed by atoms with Gasteiger partial charge in [-0.25, -0.2) is 10.8 Å². The molecule has 1 aromatic carbocycles. The highest BCUT2D eigenvalue weighted by Gasteiger charge is 2.12. The van der Waals surface area contributed by atoms with Crippen molar-refractivity contribution in [3.05, 3.63) is 49.4 Å². The van der Waals surface area contributed by atoms with E-state index in [9.17, 15) is 4.79 Å². The van der Waals surface area contributed by atoms with E-state index in [1.54, 1.807) is 12.1 Å². The van der Waals surface area contributed by atoms with Gasteiger partial charge in [-0.2, -0.15) is 0 Å². The Morgan fingerprint density at radius 2 is 1.80 bits per heavy atom. The Hall–Kier alpha value is -0.960. The number of anilines is 2. The summed E-state index contributed by atoms with van der Waals surface area (Å²) >= 11 is 10.2. The van der Waals surface area contributed by atoms with Crippen LogP contribution >= 0.6 is 47.8 Å². The smallest absolute Gasteiger partial charge is 0.255 e. The van der Waals surface area contributed by atoms with E-state index in [-0.39, 0.29) is 5.91 Å². The summed E-state index contributed by atoms with van der Waals surface area (Å²) in [5.41, 5.74) is 3.50.